The van der Waals surface area contributed by atoms with E-state index in [9.17, 15) is 9.59 Å². The monoisotopic (exact) mass is 325 g/mol. The summed E-state index contributed by atoms with van der Waals surface area (Å²) in [7, 11) is 1.82. The molecule has 0 radical (unpaired) electrons. The fraction of sp³-hybridized carbons (Fsp3) is 0.500. The van der Waals surface area contributed by atoms with Gasteiger partial charge in [-0.15, -0.1) is 12.4 Å². The lowest BCUT2D eigenvalue weighted by molar-refractivity contribution is -0.121. The number of carbonyl (C=O) groups is 2. The first-order chi connectivity index (χ1) is 10.2. The van der Waals surface area contributed by atoms with Crippen LogP contribution in [-0.4, -0.2) is 32.0 Å². The summed E-state index contributed by atoms with van der Waals surface area (Å²) in [6, 6.07) is 6.11. The molecule has 0 saturated carbocycles. The van der Waals surface area contributed by atoms with Crippen molar-refractivity contribution in [2.45, 2.75) is 32.1 Å². The summed E-state index contributed by atoms with van der Waals surface area (Å²) in [6.07, 6.45) is 2.05. The standard InChI is InChI=1S/C16H23N3O2.ClH/c1-3-11-4-5-14-13(10-11)12(16(21)19-14)6-9-18-15(20)7-8-17-2;/h4-5,10,12,17H,3,6-9H2,1-2H3,(H,18,20)(H,19,21);1H. The fourth-order valence-corrected chi connectivity index (χ4v) is 2.56. The van der Waals surface area contributed by atoms with Crippen LogP contribution in [0.4, 0.5) is 5.69 Å². The molecule has 1 aromatic carbocycles. The lowest BCUT2D eigenvalue weighted by atomic mass is 9.95. The third-order valence-electron chi connectivity index (χ3n) is 3.83. The molecule has 1 heterocycles. The number of halogens is 1. The Morgan fingerprint density at radius 1 is 1.32 bits per heavy atom. The van der Waals surface area contributed by atoms with E-state index < -0.39 is 0 Å². The lowest BCUT2D eigenvalue weighted by Crippen LogP contribution is -2.29. The van der Waals surface area contributed by atoms with Gasteiger partial charge >= 0.3 is 0 Å². The summed E-state index contributed by atoms with van der Waals surface area (Å²) < 4.78 is 0. The molecule has 0 spiro atoms. The van der Waals surface area contributed by atoms with E-state index in [0.717, 1.165) is 17.7 Å². The Morgan fingerprint density at radius 3 is 2.77 bits per heavy atom. The average Bonchev–Trinajstić information content (AvgIpc) is 2.80. The highest BCUT2D eigenvalue weighted by atomic mass is 35.5. The van der Waals surface area contributed by atoms with Gasteiger partial charge in [0.15, 0.2) is 0 Å². The van der Waals surface area contributed by atoms with Gasteiger partial charge < -0.3 is 16.0 Å². The summed E-state index contributed by atoms with van der Waals surface area (Å²) in [5.41, 5.74) is 3.20. The molecular formula is C16H24ClN3O2. The molecule has 2 rings (SSSR count). The number of fused-ring (bicyclic) bond motifs is 1. The Hall–Kier alpha value is -1.59. The minimum Gasteiger partial charge on any atom is -0.356 e. The molecule has 0 aromatic heterocycles. The number of anilines is 1. The van der Waals surface area contributed by atoms with Crippen LogP contribution in [0.5, 0.6) is 0 Å². The van der Waals surface area contributed by atoms with Crippen LogP contribution in [0.25, 0.3) is 0 Å². The van der Waals surface area contributed by atoms with Gasteiger partial charge in [-0.3, -0.25) is 9.59 Å². The highest BCUT2D eigenvalue weighted by Gasteiger charge is 2.30. The molecule has 6 heteroatoms. The van der Waals surface area contributed by atoms with Crippen molar-refractivity contribution in [1.29, 1.82) is 0 Å². The Kier molecular flexibility index (Phi) is 7.35. The second-order valence-corrected chi connectivity index (χ2v) is 5.31. The van der Waals surface area contributed by atoms with E-state index in [1.165, 1.54) is 5.56 Å². The van der Waals surface area contributed by atoms with Crippen LogP contribution in [0, 0.1) is 0 Å². The molecule has 1 aliphatic heterocycles. The van der Waals surface area contributed by atoms with Gasteiger partial charge in [-0.05, 0) is 37.1 Å². The smallest absolute Gasteiger partial charge is 0.232 e. The third kappa shape index (κ3) is 4.45. The summed E-state index contributed by atoms with van der Waals surface area (Å²) in [5, 5.41) is 8.71. The number of rotatable bonds is 7. The van der Waals surface area contributed by atoms with Gasteiger partial charge in [0, 0.05) is 25.2 Å². The van der Waals surface area contributed by atoms with Gasteiger partial charge in [0.2, 0.25) is 11.8 Å². The largest absolute Gasteiger partial charge is 0.356 e. The second kappa shape index (κ2) is 8.76. The van der Waals surface area contributed by atoms with Crippen LogP contribution in [0.15, 0.2) is 18.2 Å². The zero-order valence-electron chi connectivity index (χ0n) is 13.1. The van der Waals surface area contributed by atoms with Crippen molar-refractivity contribution in [3.8, 4) is 0 Å². The van der Waals surface area contributed by atoms with Gasteiger partial charge in [-0.1, -0.05) is 19.1 Å². The van der Waals surface area contributed by atoms with Gasteiger partial charge in [0.1, 0.15) is 0 Å². The number of aryl methyl sites for hydroxylation is 1. The quantitative estimate of drug-likeness (QED) is 0.716. The van der Waals surface area contributed by atoms with Crippen LogP contribution in [0.1, 0.15) is 36.8 Å². The summed E-state index contributed by atoms with van der Waals surface area (Å²) in [5.74, 6) is -0.107. The van der Waals surface area contributed by atoms with Crippen molar-refractivity contribution >= 4 is 29.9 Å². The van der Waals surface area contributed by atoms with Crippen molar-refractivity contribution < 1.29 is 9.59 Å². The molecule has 0 aliphatic carbocycles. The molecule has 1 aliphatic rings. The predicted molar refractivity (Wildman–Crippen MR) is 90.6 cm³/mol. The fourth-order valence-electron chi connectivity index (χ4n) is 2.56. The van der Waals surface area contributed by atoms with Crippen molar-refractivity contribution in [1.82, 2.24) is 10.6 Å². The van der Waals surface area contributed by atoms with E-state index >= 15 is 0 Å². The maximum absolute atomic E-state index is 12.0. The number of hydrogen-bond acceptors (Lipinski definition) is 3. The number of nitrogens with one attached hydrogen (secondary N) is 3. The van der Waals surface area contributed by atoms with Crippen molar-refractivity contribution in [2.24, 2.45) is 0 Å². The van der Waals surface area contributed by atoms with Crippen molar-refractivity contribution in [3.05, 3.63) is 29.3 Å². The summed E-state index contributed by atoms with van der Waals surface area (Å²) in [6.45, 7) is 3.29. The summed E-state index contributed by atoms with van der Waals surface area (Å²) in [4.78, 5) is 23.6. The minimum absolute atomic E-state index is 0. The Morgan fingerprint density at radius 2 is 2.09 bits per heavy atom. The van der Waals surface area contributed by atoms with Crippen molar-refractivity contribution in [2.75, 3.05) is 25.5 Å². The topological polar surface area (TPSA) is 70.2 Å². The molecule has 5 nitrogen and oxygen atoms in total. The van der Waals surface area contributed by atoms with Crippen LogP contribution in [0.2, 0.25) is 0 Å². The maximum atomic E-state index is 12.0. The highest BCUT2D eigenvalue weighted by molar-refractivity contribution is 6.02. The number of carbonyl (C=O) groups excluding carboxylic acids is 2. The van der Waals surface area contributed by atoms with Crippen LogP contribution < -0.4 is 16.0 Å². The molecule has 2 amide bonds. The molecule has 1 unspecified atom stereocenters. The van der Waals surface area contributed by atoms with E-state index in [1.807, 2.05) is 19.2 Å². The van der Waals surface area contributed by atoms with E-state index in [-0.39, 0.29) is 30.1 Å². The summed E-state index contributed by atoms with van der Waals surface area (Å²) >= 11 is 0. The highest BCUT2D eigenvalue weighted by Crippen LogP contribution is 2.35. The van der Waals surface area contributed by atoms with Crippen molar-refractivity contribution in [3.63, 3.8) is 0 Å². The van der Waals surface area contributed by atoms with Crippen LogP contribution in [0.3, 0.4) is 0 Å². The minimum atomic E-state index is -0.156. The Balaban J connectivity index is 0.00000242. The molecule has 122 valence electrons. The third-order valence-corrected chi connectivity index (χ3v) is 3.83. The first kappa shape index (κ1) is 18.5. The molecule has 0 bridgehead atoms. The molecule has 1 aromatic rings. The van der Waals surface area contributed by atoms with E-state index in [2.05, 4.69) is 28.9 Å². The molecule has 22 heavy (non-hydrogen) atoms. The Labute approximate surface area is 137 Å². The van der Waals surface area contributed by atoms with E-state index in [0.29, 0.717) is 25.9 Å². The first-order valence-corrected chi connectivity index (χ1v) is 7.50. The molecule has 0 fully saturated rings. The normalized spacial score (nSPS) is 15.7. The molecule has 1 atom stereocenters. The maximum Gasteiger partial charge on any atom is 0.232 e. The molecule has 0 saturated heterocycles. The second-order valence-electron chi connectivity index (χ2n) is 5.31. The zero-order valence-corrected chi connectivity index (χ0v) is 13.9. The van der Waals surface area contributed by atoms with E-state index in [4.69, 9.17) is 0 Å². The number of hydrogen-bond donors (Lipinski definition) is 3. The van der Waals surface area contributed by atoms with Crippen LogP contribution in [-0.2, 0) is 16.0 Å². The van der Waals surface area contributed by atoms with Gasteiger partial charge in [-0.25, -0.2) is 0 Å². The lowest BCUT2D eigenvalue weighted by Gasteiger charge is -2.11. The van der Waals surface area contributed by atoms with E-state index in [1.54, 1.807) is 0 Å². The van der Waals surface area contributed by atoms with Crippen LogP contribution >= 0.6 is 12.4 Å². The molecule has 3 N–H and O–H groups in total. The number of benzene rings is 1. The predicted octanol–water partition coefficient (Wildman–Crippen LogP) is 1.82. The van der Waals surface area contributed by atoms with Gasteiger partial charge in [0.05, 0.1) is 5.92 Å². The first-order valence-electron chi connectivity index (χ1n) is 7.50. The Bertz CT molecular complexity index is 534. The zero-order chi connectivity index (χ0) is 15.2. The molecular weight excluding hydrogens is 302 g/mol. The van der Waals surface area contributed by atoms with Gasteiger partial charge in [0.25, 0.3) is 0 Å². The average molecular weight is 326 g/mol. The number of amides is 2. The SMILES string of the molecule is CCc1ccc2c(c1)C(CCNC(=O)CCNC)C(=O)N2.Cl. The van der Waals surface area contributed by atoms with Gasteiger partial charge in [-0.2, -0.15) is 0 Å².